The Hall–Kier alpha value is -7.48. The van der Waals surface area contributed by atoms with Gasteiger partial charge in [-0.05, 0) is 97.4 Å². The number of fused-ring (bicyclic) bond motifs is 2. The number of hydrogen-bond donors (Lipinski definition) is 4. The van der Waals surface area contributed by atoms with E-state index in [2.05, 4.69) is 64.2 Å². The molecule has 16 nitrogen and oxygen atoms in total. The molecule has 78 heavy (non-hydrogen) atoms. The van der Waals surface area contributed by atoms with Crippen LogP contribution in [0.5, 0.6) is 0 Å². The van der Waals surface area contributed by atoms with Crippen LogP contribution >= 0.6 is 39.1 Å². The maximum atomic E-state index is 13.5. The number of hydrogen-bond acceptors (Lipinski definition) is 10. The van der Waals surface area contributed by atoms with E-state index in [1.807, 2.05) is 54.6 Å². The van der Waals surface area contributed by atoms with E-state index in [0.717, 1.165) is 22.3 Å². The predicted octanol–water partition coefficient (Wildman–Crippen LogP) is 7.49. The minimum absolute atomic E-state index is 0.0368. The summed E-state index contributed by atoms with van der Waals surface area (Å²) in [5.74, 6) is -1.37. The minimum atomic E-state index is -1.34. The zero-order chi connectivity index (χ0) is 55.9. The lowest BCUT2D eigenvalue weighted by molar-refractivity contribution is -0.142. The van der Waals surface area contributed by atoms with Crippen LogP contribution in [0.15, 0.2) is 160 Å². The number of carbonyl (C=O) groups excluding carboxylic acids is 4. The molecule has 2 aliphatic heterocycles. The normalized spacial score (nSPS) is 13.9. The molecule has 0 unspecified atom stereocenters. The van der Waals surface area contributed by atoms with E-state index in [4.69, 9.17) is 33.2 Å². The highest BCUT2D eigenvalue weighted by Gasteiger charge is 2.38. The summed E-state index contributed by atoms with van der Waals surface area (Å²) >= 11 is 15.2. The standard InChI is InChI=1S/C29H27ClN4O3.C23H22BrClN4O3.C6H7BO2/c1-29(2)17-33(18-29)25(35)16-34-26-21(12-22(15-31-26)20-6-4-3-5-7-20)13-24(28(34)37)27(36)32-14-19-8-10-23(30)11-9-19;1-23(2)12-28(13-23)19(30)11-29-20-15(7-16(24)10-26-20)8-18(22(29)32)21(31)27-9-14-3-5-17(25)6-4-14;8-7(9)6-4-2-1-3-5-6/h3-13,15H,14,16-18H2,1-2H3,(H,32,36);3-8,10H,9,11-13H2,1-2H3,(H,27,31);1-5,8-9H. The molecule has 4 aromatic heterocycles. The van der Waals surface area contributed by atoms with Crippen molar-refractivity contribution in [2.45, 2.75) is 53.9 Å². The number of benzene rings is 4. The van der Waals surface area contributed by atoms with E-state index >= 15 is 0 Å². The topological polar surface area (TPSA) is 209 Å². The van der Waals surface area contributed by atoms with Crippen LogP contribution in [0.4, 0.5) is 0 Å². The predicted molar refractivity (Wildman–Crippen MR) is 307 cm³/mol. The third-order valence-electron chi connectivity index (χ3n) is 13.0. The molecule has 400 valence electrons. The van der Waals surface area contributed by atoms with Crippen LogP contribution in [0.1, 0.15) is 59.5 Å². The van der Waals surface area contributed by atoms with Gasteiger partial charge in [0.15, 0.2) is 0 Å². The van der Waals surface area contributed by atoms with Gasteiger partial charge >= 0.3 is 7.12 Å². The van der Waals surface area contributed by atoms with Crippen LogP contribution in [-0.4, -0.2) is 95.9 Å². The van der Waals surface area contributed by atoms with Crippen LogP contribution in [0.3, 0.4) is 0 Å². The molecule has 4 N–H and O–H groups in total. The second kappa shape index (κ2) is 24.5. The largest absolute Gasteiger partial charge is 0.488 e. The summed E-state index contributed by atoms with van der Waals surface area (Å²) in [4.78, 5) is 90.9. The fourth-order valence-electron chi connectivity index (χ4n) is 9.09. The van der Waals surface area contributed by atoms with Crippen LogP contribution < -0.4 is 27.2 Å². The number of pyridine rings is 4. The molecule has 20 heteroatoms. The molecule has 6 heterocycles. The molecule has 4 aromatic carbocycles. The first-order valence-electron chi connectivity index (χ1n) is 24.9. The van der Waals surface area contributed by atoms with Gasteiger partial charge < -0.3 is 30.5 Å². The van der Waals surface area contributed by atoms with Crippen molar-refractivity contribution in [3.05, 3.63) is 203 Å². The molecule has 2 saturated heterocycles. The maximum absolute atomic E-state index is 13.5. The molecule has 0 spiro atoms. The van der Waals surface area contributed by atoms with Crippen molar-refractivity contribution >= 4 is 97.4 Å². The highest BCUT2D eigenvalue weighted by atomic mass is 79.9. The number of rotatable bonds is 12. The van der Waals surface area contributed by atoms with Gasteiger partial charge in [-0.3, -0.25) is 37.9 Å². The fraction of sp³-hybridized carbons (Fsp3) is 0.241. The van der Waals surface area contributed by atoms with Crippen molar-refractivity contribution < 1.29 is 29.2 Å². The average Bonchev–Trinajstić information content (AvgIpc) is 3.45. The third-order valence-corrected chi connectivity index (χ3v) is 14.0. The number of halogens is 3. The highest BCUT2D eigenvalue weighted by molar-refractivity contribution is 9.10. The number of carbonyl (C=O) groups is 4. The first kappa shape index (κ1) is 56.7. The van der Waals surface area contributed by atoms with Gasteiger partial charge in [0.25, 0.3) is 22.9 Å². The number of likely N-dealkylation sites (tertiary alicyclic amines) is 2. The fourth-order valence-corrected chi connectivity index (χ4v) is 9.69. The van der Waals surface area contributed by atoms with Crippen molar-refractivity contribution in [2.75, 3.05) is 26.2 Å². The molecule has 8 aromatic rings. The van der Waals surface area contributed by atoms with E-state index < -0.39 is 30.1 Å². The highest BCUT2D eigenvalue weighted by Crippen LogP contribution is 2.30. The molecular weight excluding hydrogens is 1100 g/mol. The van der Waals surface area contributed by atoms with Gasteiger partial charge in [0.05, 0.1) is 0 Å². The van der Waals surface area contributed by atoms with Gasteiger partial charge in [-0.2, -0.15) is 0 Å². The third kappa shape index (κ3) is 14.2. The SMILES string of the molecule is CC1(C)CN(C(=O)Cn2c(=O)c(C(=O)NCc3ccc(Cl)cc3)cc3cc(-c4ccccc4)cnc32)C1.CC1(C)CN(C(=O)Cn2c(=O)c(C(=O)NCc3ccc(Cl)cc3)cc3cc(Br)cnc32)C1.OB(O)c1ccccc1. The van der Waals surface area contributed by atoms with E-state index in [0.29, 0.717) is 68.2 Å². The van der Waals surface area contributed by atoms with Gasteiger partial charge in [-0.25, -0.2) is 9.97 Å². The molecule has 0 bridgehead atoms. The molecule has 0 radical (unpaired) electrons. The Morgan fingerprint density at radius 1 is 0.577 bits per heavy atom. The Kier molecular flexibility index (Phi) is 17.8. The summed E-state index contributed by atoms with van der Waals surface area (Å²) in [6.07, 6.45) is 3.25. The molecule has 4 amide bonds. The number of amides is 4. The summed E-state index contributed by atoms with van der Waals surface area (Å²) in [6.45, 7) is 11.0. The molecule has 10 rings (SSSR count). The van der Waals surface area contributed by atoms with Gasteiger partial charge in [0, 0.05) is 82.5 Å². The number of nitrogens with zero attached hydrogens (tertiary/aromatic N) is 6. The Bertz CT molecular complexity index is 3620. The van der Waals surface area contributed by atoms with Crippen molar-refractivity contribution in [2.24, 2.45) is 10.8 Å². The second-order valence-corrected chi connectivity index (χ2v) is 22.5. The van der Waals surface area contributed by atoms with Crippen LogP contribution in [0.2, 0.25) is 10.0 Å². The quantitative estimate of drug-likeness (QED) is 0.0886. The Balaban J connectivity index is 0.000000179. The summed E-state index contributed by atoms with van der Waals surface area (Å²) in [6, 6.07) is 39.3. The molecule has 2 fully saturated rings. The Labute approximate surface area is 468 Å². The van der Waals surface area contributed by atoms with Crippen molar-refractivity contribution in [1.29, 1.82) is 0 Å². The molecule has 0 aliphatic carbocycles. The zero-order valence-corrected chi connectivity index (χ0v) is 46.3. The maximum Gasteiger partial charge on any atom is 0.488 e. The number of nitrogens with one attached hydrogen (secondary N) is 2. The van der Waals surface area contributed by atoms with Crippen LogP contribution in [0, 0.1) is 10.8 Å². The smallest absolute Gasteiger partial charge is 0.423 e. The lowest BCUT2D eigenvalue weighted by Crippen LogP contribution is -2.56. The Morgan fingerprint density at radius 3 is 1.40 bits per heavy atom. The van der Waals surface area contributed by atoms with E-state index in [1.54, 1.807) is 95.0 Å². The van der Waals surface area contributed by atoms with Crippen LogP contribution in [-0.2, 0) is 35.8 Å². The molecule has 0 atom stereocenters. The molecule has 2 aliphatic rings. The molecule has 0 saturated carbocycles. The van der Waals surface area contributed by atoms with Gasteiger partial charge in [-0.1, -0.05) is 136 Å². The summed E-state index contributed by atoms with van der Waals surface area (Å²) < 4.78 is 3.31. The van der Waals surface area contributed by atoms with Gasteiger partial charge in [0.1, 0.15) is 35.5 Å². The second-order valence-electron chi connectivity index (χ2n) is 20.7. The van der Waals surface area contributed by atoms with Crippen molar-refractivity contribution in [3.63, 3.8) is 0 Å². The van der Waals surface area contributed by atoms with E-state index in [9.17, 15) is 28.8 Å². The van der Waals surface area contributed by atoms with Crippen LogP contribution in [0.25, 0.3) is 33.2 Å². The monoisotopic (exact) mass is 1150 g/mol. The Morgan fingerprint density at radius 2 is 0.987 bits per heavy atom. The summed E-state index contributed by atoms with van der Waals surface area (Å²) in [7, 11) is -1.34. The number of aromatic nitrogens is 4. The van der Waals surface area contributed by atoms with Crippen molar-refractivity contribution in [1.82, 2.24) is 39.5 Å². The first-order valence-corrected chi connectivity index (χ1v) is 26.5. The molecular formula is C58H56BBrCl2N8O8. The van der Waals surface area contributed by atoms with Gasteiger partial charge in [0.2, 0.25) is 11.8 Å². The van der Waals surface area contributed by atoms with E-state index in [1.165, 1.54) is 15.2 Å². The van der Waals surface area contributed by atoms with Crippen molar-refractivity contribution in [3.8, 4) is 11.1 Å². The average molecular weight is 1150 g/mol. The van der Waals surface area contributed by atoms with Gasteiger partial charge in [-0.15, -0.1) is 0 Å². The summed E-state index contributed by atoms with van der Waals surface area (Å²) in [5, 5.41) is 25.1. The minimum Gasteiger partial charge on any atom is -0.423 e. The lowest BCUT2D eigenvalue weighted by atomic mass is 9.81. The first-order chi connectivity index (χ1) is 37.1. The lowest BCUT2D eigenvalue weighted by Gasteiger charge is -2.45. The van der Waals surface area contributed by atoms with E-state index in [-0.39, 0.29) is 60.0 Å². The zero-order valence-electron chi connectivity index (χ0n) is 43.3. The summed E-state index contributed by atoms with van der Waals surface area (Å²) in [5.41, 5.74) is 3.74.